The van der Waals surface area contributed by atoms with Gasteiger partial charge in [0.1, 0.15) is 11.3 Å². The third kappa shape index (κ3) is 2.51. The molecule has 4 heteroatoms. The summed E-state index contributed by atoms with van der Waals surface area (Å²) in [4.78, 5) is 12.5. The molecule has 0 fully saturated rings. The van der Waals surface area contributed by atoms with Crippen molar-refractivity contribution in [1.29, 1.82) is 0 Å². The van der Waals surface area contributed by atoms with Gasteiger partial charge in [-0.05, 0) is 61.2 Å². The van der Waals surface area contributed by atoms with Gasteiger partial charge in [0.15, 0.2) is 0 Å². The van der Waals surface area contributed by atoms with Gasteiger partial charge in [0.2, 0.25) is 0 Å². The van der Waals surface area contributed by atoms with Crippen molar-refractivity contribution >= 4 is 22.6 Å². The molecule has 118 valence electrons. The molecule has 0 aliphatic rings. The van der Waals surface area contributed by atoms with Crippen molar-refractivity contribution in [2.24, 2.45) is 0 Å². The van der Waals surface area contributed by atoms with Gasteiger partial charge in [-0.1, -0.05) is 23.7 Å². The van der Waals surface area contributed by atoms with Gasteiger partial charge >= 0.3 is 5.63 Å². The minimum atomic E-state index is -0.346. The van der Waals surface area contributed by atoms with Gasteiger partial charge in [0, 0.05) is 10.4 Å². The van der Waals surface area contributed by atoms with E-state index in [1.165, 1.54) is 0 Å². The van der Waals surface area contributed by atoms with E-state index in [4.69, 9.17) is 20.8 Å². The second kappa shape index (κ2) is 5.74. The predicted molar refractivity (Wildman–Crippen MR) is 93.7 cm³/mol. The van der Waals surface area contributed by atoms with Gasteiger partial charge in [-0.2, -0.15) is 0 Å². The van der Waals surface area contributed by atoms with Crippen molar-refractivity contribution in [3.05, 3.63) is 62.5 Å². The normalized spacial score (nSPS) is 11.0. The Labute approximate surface area is 139 Å². The highest BCUT2D eigenvalue weighted by Gasteiger charge is 2.17. The zero-order valence-corrected chi connectivity index (χ0v) is 14.2. The summed E-state index contributed by atoms with van der Waals surface area (Å²) < 4.78 is 10.7. The van der Waals surface area contributed by atoms with Gasteiger partial charge in [-0.3, -0.25) is 0 Å². The van der Waals surface area contributed by atoms with Crippen LogP contribution in [-0.4, -0.2) is 7.11 Å². The van der Waals surface area contributed by atoms with Crippen molar-refractivity contribution in [2.75, 3.05) is 7.11 Å². The lowest BCUT2D eigenvalue weighted by Gasteiger charge is -2.13. The number of benzene rings is 2. The minimum Gasteiger partial charge on any atom is -0.497 e. The van der Waals surface area contributed by atoms with Crippen LogP contribution in [0.1, 0.15) is 16.7 Å². The highest BCUT2D eigenvalue weighted by atomic mass is 35.5. The Morgan fingerprint density at radius 2 is 1.70 bits per heavy atom. The van der Waals surface area contributed by atoms with Gasteiger partial charge in [0.05, 0.1) is 12.7 Å². The number of hydrogen-bond donors (Lipinski definition) is 0. The van der Waals surface area contributed by atoms with Crippen molar-refractivity contribution in [2.45, 2.75) is 20.8 Å². The Morgan fingerprint density at radius 1 is 1.04 bits per heavy atom. The lowest BCUT2D eigenvalue weighted by atomic mass is 9.96. The predicted octanol–water partition coefficient (Wildman–Crippen LogP) is 5.05. The molecular formula is C19H17ClO3. The standard InChI is InChI=1S/C19H17ClO3/c1-10-9-15-16(12(3)18(10)20)11(2)17(19(21)23-15)13-5-7-14(22-4)8-6-13/h5-9H,1-4H3. The summed E-state index contributed by atoms with van der Waals surface area (Å²) in [7, 11) is 1.61. The molecule has 0 aliphatic carbocycles. The summed E-state index contributed by atoms with van der Waals surface area (Å²) >= 11 is 6.37. The van der Waals surface area contributed by atoms with Crippen molar-refractivity contribution in [3.8, 4) is 16.9 Å². The fourth-order valence-electron chi connectivity index (χ4n) is 2.99. The number of hydrogen-bond acceptors (Lipinski definition) is 3. The fraction of sp³-hybridized carbons (Fsp3) is 0.211. The zero-order valence-electron chi connectivity index (χ0n) is 13.5. The van der Waals surface area contributed by atoms with Crippen molar-refractivity contribution < 1.29 is 9.15 Å². The summed E-state index contributed by atoms with van der Waals surface area (Å²) in [6.45, 7) is 5.78. The van der Waals surface area contributed by atoms with Gasteiger partial charge < -0.3 is 9.15 Å². The van der Waals surface area contributed by atoms with E-state index in [1.54, 1.807) is 7.11 Å². The zero-order chi connectivity index (χ0) is 16.7. The van der Waals surface area contributed by atoms with Crippen LogP contribution < -0.4 is 10.4 Å². The molecule has 0 atom stereocenters. The van der Waals surface area contributed by atoms with Crippen LogP contribution in [0.3, 0.4) is 0 Å². The molecule has 0 aliphatic heterocycles. The molecule has 3 rings (SSSR count). The summed E-state index contributed by atoms with van der Waals surface area (Å²) in [5.74, 6) is 0.742. The quantitative estimate of drug-likeness (QED) is 0.618. The summed E-state index contributed by atoms with van der Waals surface area (Å²) in [6.07, 6.45) is 0. The first kappa shape index (κ1) is 15.6. The van der Waals surface area contributed by atoms with Gasteiger partial charge in [-0.25, -0.2) is 4.79 Å². The van der Waals surface area contributed by atoms with Crippen LogP contribution in [0.2, 0.25) is 5.02 Å². The smallest absolute Gasteiger partial charge is 0.344 e. The van der Waals surface area contributed by atoms with Crippen LogP contribution in [0.4, 0.5) is 0 Å². The Hall–Kier alpha value is -2.26. The molecule has 23 heavy (non-hydrogen) atoms. The Bertz CT molecular complexity index is 953. The number of methoxy groups -OCH3 is 1. The first-order valence-corrected chi connectivity index (χ1v) is 7.69. The summed E-state index contributed by atoms with van der Waals surface area (Å²) in [5, 5.41) is 1.60. The van der Waals surface area contributed by atoms with Crippen LogP contribution in [-0.2, 0) is 0 Å². The van der Waals surface area contributed by atoms with Gasteiger partial charge in [-0.15, -0.1) is 0 Å². The first-order valence-electron chi connectivity index (χ1n) is 7.31. The average Bonchev–Trinajstić information content (AvgIpc) is 2.53. The number of rotatable bonds is 2. The third-order valence-electron chi connectivity index (χ3n) is 4.18. The molecular weight excluding hydrogens is 312 g/mol. The molecule has 0 unspecified atom stereocenters. The van der Waals surface area contributed by atoms with E-state index in [9.17, 15) is 4.79 Å². The summed E-state index contributed by atoms with van der Waals surface area (Å²) in [5.41, 5.74) is 4.29. The molecule has 2 aromatic carbocycles. The Balaban J connectivity index is 2.35. The molecule has 3 nitrogen and oxygen atoms in total. The maximum absolute atomic E-state index is 12.5. The number of ether oxygens (including phenoxy) is 1. The van der Waals surface area contributed by atoms with E-state index in [0.29, 0.717) is 16.2 Å². The van der Waals surface area contributed by atoms with Crippen LogP contribution in [0.25, 0.3) is 22.1 Å². The van der Waals surface area contributed by atoms with Crippen LogP contribution >= 0.6 is 11.6 Å². The topological polar surface area (TPSA) is 39.4 Å². The summed E-state index contributed by atoms with van der Waals surface area (Å²) in [6, 6.07) is 9.18. The largest absolute Gasteiger partial charge is 0.497 e. The molecule has 0 N–H and O–H groups in total. The SMILES string of the molecule is COc1ccc(-c2c(C)c3c(C)c(Cl)c(C)cc3oc2=O)cc1. The molecule has 1 heterocycles. The fourth-order valence-corrected chi connectivity index (χ4v) is 3.14. The molecule has 0 amide bonds. The number of fused-ring (bicyclic) bond motifs is 1. The molecule has 0 saturated carbocycles. The molecule has 0 spiro atoms. The van der Waals surface area contributed by atoms with Crippen molar-refractivity contribution in [1.82, 2.24) is 0 Å². The highest BCUT2D eigenvalue weighted by molar-refractivity contribution is 6.33. The lowest BCUT2D eigenvalue weighted by molar-refractivity contribution is 0.415. The van der Waals surface area contributed by atoms with E-state index in [0.717, 1.165) is 33.4 Å². The molecule has 0 bridgehead atoms. The number of aryl methyl sites for hydroxylation is 3. The Morgan fingerprint density at radius 3 is 2.30 bits per heavy atom. The maximum atomic E-state index is 12.5. The van der Waals surface area contributed by atoms with E-state index in [-0.39, 0.29) is 5.63 Å². The van der Waals surface area contributed by atoms with Crippen LogP contribution in [0.15, 0.2) is 39.5 Å². The third-order valence-corrected chi connectivity index (χ3v) is 4.76. The second-order valence-corrected chi connectivity index (χ2v) is 6.00. The van der Waals surface area contributed by atoms with E-state index in [1.807, 2.05) is 51.1 Å². The molecule has 3 aromatic rings. The number of halogens is 1. The Kier molecular flexibility index (Phi) is 3.90. The first-order chi connectivity index (χ1) is 10.9. The molecule has 0 radical (unpaired) electrons. The van der Waals surface area contributed by atoms with Crippen LogP contribution in [0, 0.1) is 20.8 Å². The maximum Gasteiger partial charge on any atom is 0.344 e. The molecule has 0 saturated heterocycles. The lowest BCUT2D eigenvalue weighted by Crippen LogP contribution is -2.07. The van der Waals surface area contributed by atoms with E-state index in [2.05, 4.69) is 0 Å². The average molecular weight is 329 g/mol. The van der Waals surface area contributed by atoms with Gasteiger partial charge in [0.25, 0.3) is 0 Å². The van der Waals surface area contributed by atoms with E-state index >= 15 is 0 Å². The molecule has 1 aromatic heterocycles. The monoisotopic (exact) mass is 328 g/mol. The second-order valence-electron chi connectivity index (χ2n) is 5.62. The minimum absolute atomic E-state index is 0.346. The highest BCUT2D eigenvalue weighted by Crippen LogP contribution is 2.34. The van der Waals surface area contributed by atoms with Crippen LogP contribution in [0.5, 0.6) is 5.75 Å². The van der Waals surface area contributed by atoms with Crippen molar-refractivity contribution in [3.63, 3.8) is 0 Å². The van der Waals surface area contributed by atoms with E-state index < -0.39 is 0 Å².